The predicted octanol–water partition coefficient (Wildman–Crippen LogP) is 1.20. The molecule has 0 aliphatic carbocycles. The van der Waals surface area contributed by atoms with Crippen molar-refractivity contribution in [3.63, 3.8) is 0 Å². The molecule has 0 aliphatic rings. The molecule has 4 heteroatoms. The number of rotatable bonds is 5. The first-order valence-electron chi connectivity index (χ1n) is 5.30. The SMILES string of the molecule is c1ccc(CCNCc2ccncn2)nc1. The zero-order chi connectivity index (χ0) is 11.1. The van der Waals surface area contributed by atoms with Crippen molar-refractivity contribution in [2.45, 2.75) is 13.0 Å². The van der Waals surface area contributed by atoms with E-state index < -0.39 is 0 Å². The Labute approximate surface area is 94.8 Å². The second-order valence-corrected chi connectivity index (χ2v) is 3.45. The normalized spacial score (nSPS) is 10.2. The van der Waals surface area contributed by atoms with E-state index >= 15 is 0 Å². The Morgan fingerprint density at radius 3 is 2.75 bits per heavy atom. The summed E-state index contributed by atoms with van der Waals surface area (Å²) < 4.78 is 0. The molecule has 2 heterocycles. The van der Waals surface area contributed by atoms with Gasteiger partial charge in [0.25, 0.3) is 0 Å². The van der Waals surface area contributed by atoms with E-state index in [4.69, 9.17) is 0 Å². The van der Waals surface area contributed by atoms with Crippen molar-refractivity contribution >= 4 is 0 Å². The number of nitrogens with one attached hydrogen (secondary N) is 1. The van der Waals surface area contributed by atoms with Crippen LogP contribution in [0.5, 0.6) is 0 Å². The second kappa shape index (κ2) is 5.92. The number of nitrogens with zero attached hydrogens (tertiary/aromatic N) is 3. The Bertz CT molecular complexity index is 360. The number of aromatic nitrogens is 3. The molecule has 2 rings (SSSR count). The highest BCUT2D eigenvalue weighted by molar-refractivity contribution is 5.04. The minimum Gasteiger partial charge on any atom is -0.311 e. The van der Waals surface area contributed by atoms with E-state index in [0.29, 0.717) is 0 Å². The van der Waals surface area contributed by atoms with Gasteiger partial charge in [-0.2, -0.15) is 0 Å². The van der Waals surface area contributed by atoms with Crippen molar-refractivity contribution in [2.24, 2.45) is 0 Å². The van der Waals surface area contributed by atoms with Gasteiger partial charge in [-0.1, -0.05) is 6.07 Å². The van der Waals surface area contributed by atoms with Gasteiger partial charge in [-0.25, -0.2) is 9.97 Å². The molecule has 0 aliphatic heterocycles. The Kier molecular flexibility index (Phi) is 3.96. The van der Waals surface area contributed by atoms with Crippen LogP contribution in [0.25, 0.3) is 0 Å². The van der Waals surface area contributed by atoms with E-state index in [2.05, 4.69) is 20.3 Å². The molecule has 2 aromatic rings. The lowest BCUT2D eigenvalue weighted by molar-refractivity contribution is 0.667. The Hall–Kier alpha value is -1.81. The van der Waals surface area contributed by atoms with Gasteiger partial charge in [0.2, 0.25) is 0 Å². The van der Waals surface area contributed by atoms with Crippen LogP contribution in [0.3, 0.4) is 0 Å². The summed E-state index contributed by atoms with van der Waals surface area (Å²) in [4.78, 5) is 12.3. The maximum absolute atomic E-state index is 4.26. The molecule has 0 bridgehead atoms. The highest BCUT2D eigenvalue weighted by Crippen LogP contribution is 1.94. The van der Waals surface area contributed by atoms with Crippen LogP contribution in [0.4, 0.5) is 0 Å². The lowest BCUT2D eigenvalue weighted by Gasteiger charge is -2.03. The Balaban J connectivity index is 1.70. The van der Waals surface area contributed by atoms with Gasteiger partial charge in [-0.15, -0.1) is 0 Å². The smallest absolute Gasteiger partial charge is 0.115 e. The lowest BCUT2D eigenvalue weighted by Crippen LogP contribution is -2.17. The summed E-state index contributed by atoms with van der Waals surface area (Å²) in [6.07, 6.45) is 6.07. The fourth-order valence-corrected chi connectivity index (χ4v) is 1.40. The molecule has 0 fully saturated rings. The van der Waals surface area contributed by atoms with Crippen LogP contribution in [-0.2, 0) is 13.0 Å². The van der Waals surface area contributed by atoms with Crippen molar-refractivity contribution < 1.29 is 0 Å². The van der Waals surface area contributed by atoms with E-state index in [-0.39, 0.29) is 0 Å². The van der Waals surface area contributed by atoms with Crippen molar-refractivity contribution in [3.8, 4) is 0 Å². The Morgan fingerprint density at radius 1 is 1.00 bits per heavy atom. The zero-order valence-electron chi connectivity index (χ0n) is 9.00. The van der Waals surface area contributed by atoms with E-state index in [9.17, 15) is 0 Å². The van der Waals surface area contributed by atoms with Crippen LogP contribution >= 0.6 is 0 Å². The van der Waals surface area contributed by atoms with Gasteiger partial charge in [0.05, 0.1) is 5.69 Å². The fraction of sp³-hybridized carbons (Fsp3) is 0.250. The number of pyridine rings is 1. The summed E-state index contributed by atoms with van der Waals surface area (Å²) in [5.74, 6) is 0. The molecule has 2 aromatic heterocycles. The molecule has 0 amide bonds. The molecule has 0 spiro atoms. The standard InChI is InChI=1S/C12H14N4/c1-2-6-15-11(3-1)4-7-13-9-12-5-8-14-10-16-12/h1-3,5-6,8,10,13H,4,7,9H2. The molecule has 1 N–H and O–H groups in total. The minimum absolute atomic E-state index is 0.773. The monoisotopic (exact) mass is 214 g/mol. The first-order chi connectivity index (χ1) is 7.95. The van der Waals surface area contributed by atoms with Gasteiger partial charge < -0.3 is 5.32 Å². The van der Waals surface area contributed by atoms with Crippen LogP contribution in [0.1, 0.15) is 11.4 Å². The van der Waals surface area contributed by atoms with Crippen molar-refractivity contribution in [1.29, 1.82) is 0 Å². The van der Waals surface area contributed by atoms with Gasteiger partial charge in [0.15, 0.2) is 0 Å². The third-order valence-electron chi connectivity index (χ3n) is 2.23. The maximum Gasteiger partial charge on any atom is 0.115 e. The first-order valence-corrected chi connectivity index (χ1v) is 5.30. The van der Waals surface area contributed by atoms with Crippen LogP contribution in [-0.4, -0.2) is 21.5 Å². The lowest BCUT2D eigenvalue weighted by atomic mass is 10.2. The van der Waals surface area contributed by atoms with E-state index in [0.717, 1.165) is 30.9 Å². The van der Waals surface area contributed by atoms with Crippen molar-refractivity contribution in [3.05, 3.63) is 54.4 Å². The summed E-state index contributed by atoms with van der Waals surface area (Å²) in [6.45, 7) is 1.68. The maximum atomic E-state index is 4.26. The number of hydrogen-bond acceptors (Lipinski definition) is 4. The van der Waals surface area contributed by atoms with Gasteiger partial charge in [0.1, 0.15) is 6.33 Å². The van der Waals surface area contributed by atoms with Gasteiger partial charge in [0, 0.05) is 37.6 Å². The zero-order valence-corrected chi connectivity index (χ0v) is 9.00. The molecular formula is C12H14N4. The van der Waals surface area contributed by atoms with Crippen LogP contribution in [0.15, 0.2) is 43.0 Å². The number of hydrogen-bond donors (Lipinski definition) is 1. The molecule has 0 atom stereocenters. The molecule has 0 aromatic carbocycles. The topological polar surface area (TPSA) is 50.7 Å². The van der Waals surface area contributed by atoms with E-state index in [1.165, 1.54) is 0 Å². The summed E-state index contributed by atoms with van der Waals surface area (Å²) in [5, 5.41) is 3.32. The van der Waals surface area contributed by atoms with E-state index in [1.54, 1.807) is 12.5 Å². The van der Waals surface area contributed by atoms with Gasteiger partial charge >= 0.3 is 0 Å². The van der Waals surface area contributed by atoms with Crippen LogP contribution in [0.2, 0.25) is 0 Å². The summed E-state index contributed by atoms with van der Waals surface area (Å²) >= 11 is 0. The molecule has 16 heavy (non-hydrogen) atoms. The summed E-state index contributed by atoms with van der Waals surface area (Å²) in [7, 11) is 0. The second-order valence-electron chi connectivity index (χ2n) is 3.45. The Morgan fingerprint density at radius 2 is 2.00 bits per heavy atom. The van der Waals surface area contributed by atoms with Gasteiger partial charge in [-0.05, 0) is 18.2 Å². The molecule has 0 unspecified atom stereocenters. The summed E-state index contributed by atoms with van der Waals surface area (Å²) in [6, 6.07) is 7.88. The largest absolute Gasteiger partial charge is 0.311 e. The third kappa shape index (κ3) is 3.40. The molecule has 0 radical (unpaired) electrons. The van der Waals surface area contributed by atoms with Gasteiger partial charge in [-0.3, -0.25) is 4.98 Å². The van der Waals surface area contributed by atoms with Crippen molar-refractivity contribution in [1.82, 2.24) is 20.3 Å². The summed E-state index contributed by atoms with van der Waals surface area (Å²) in [5.41, 5.74) is 2.12. The van der Waals surface area contributed by atoms with E-state index in [1.807, 2.05) is 30.5 Å². The average molecular weight is 214 g/mol. The molecule has 82 valence electrons. The molecule has 0 saturated carbocycles. The highest BCUT2D eigenvalue weighted by atomic mass is 14.9. The first kappa shape index (κ1) is 10.7. The quantitative estimate of drug-likeness (QED) is 0.760. The van der Waals surface area contributed by atoms with Crippen molar-refractivity contribution in [2.75, 3.05) is 6.54 Å². The van der Waals surface area contributed by atoms with Crippen LogP contribution in [0, 0.1) is 0 Å². The minimum atomic E-state index is 0.773. The van der Waals surface area contributed by atoms with Crippen LogP contribution < -0.4 is 5.32 Å². The third-order valence-corrected chi connectivity index (χ3v) is 2.23. The molecule has 0 saturated heterocycles. The average Bonchev–Trinajstić information content (AvgIpc) is 2.37. The molecular weight excluding hydrogens is 200 g/mol. The predicted molar refractivity (Wildman–Crippen MR) is 61.7 cm³/mol. The fourth-order valence-electron chi connectivity index (χ4n) is 1.40. The molecule has 4 nitrogen and oxygen atoms in total. The highest BCUT2D eigenvalue weighted by Gasteiger charge is 1.94.